The van der Waals surface area contributed by atoms with E-state index in [0.717, 1.165) is 0 Å². The van der Waals surface area contributed by atoms with Gasteiger partial charge in [0.1, 0.15) is 0 Å². The van der Waals surface area contributed by atoms with Gasteiger partial charge in [-0.05, 0) is 74.2 Å². The Morgan fingerprint density at radius 2 is 0.765 bits per heavy atom. The number of rotatable bonds is 7. The predicted octanol–water partition coefficient (Wildman–Crippen LogP) is 10.1. The van der Waals surface area contributed by atoms with Crippen molar-refractivity contribution in [3.8, 4) is 22.3 Å². The lowest BCUT2D eigenvalue weighted by atomic mass is 9.82. The summed E-state index contributed by atoms with van der Waals surface area (Å²) in [6.45, 7) is 26.1. The zero-order valence-corrected chi connectivity index (χ0v) is 24.5. The topological polar surface area (TPSA) is 0 Å². The third-order valence-electron chi connectivity index (χ3n) is 7.12. The summed E-state index contributed by atoms with van der Waals surface area (Å²) in [6.07, 6.45) is 0. The maximum Gasteiger partial charge on any atom is 0.0776 e. The molecule has 0 fully saturated rings. The lowest BCUT2D eigenvalue weighted by Crippen LogP contribution is -2.37. The van der Waals surface area contributed by atoms with Crippen LogP contribution in [0.2, 0.25) is 19.6 Å². The summed E-state index contributed by atoms with van der Waals surface area (Å²) in [5.41, 5.74) is 11.6. The van der Waals surface area contributed by atoms with Gasteiger partial charge in [0.25, 0.3) is 0 Å². The summed E-state index contributed by atoms with van der Waals surface area (Å²) >= 11 is 0. The van der Waals surface area contributed by atoms with E-state index in [9.17, 15) is 0 Å². The molecule has 0 amide bonds. The normalized spacial score (nSPS) is 12.4. The van der Waals surface area contributed by atoms with E-state index in [4.69, 9.17) is 0 Å². The van der Waals surface area contributed by atoms with Gasteiger partial charge in [0.2, 0.25) is 0 Å². The average molecular weight is 471 g/mol. The molecule has 0 heterocycles. The third kappa shape index (κ3) is 5.41. The molecule has 1 heteroatoms. The quantitative estimate of drug-likeness (QED) is 0.301. The molecular weight excluding hydrogens is 424 g/mol. The molecule has 0 radical (unpaired) electrons. The molecule has 0 saturated carbocycles. The first-order chi connectivity index (χ1) is 15.8. The summed E-state index contributed by atoms with van der Waals surface area (Å²) in [4.78, 5) is 0. The first-order valence-corrected chi connectivity index (χ1v) is 16.7. The lowest BCUT2D eigenvalue weighted by molar-refractivity contribution is 0.837. The molecule has 3 aromatic carbocycles. The van der Waals surface area contributed by atoms with Crippen LogP contribution < -0.4 is 5.19 Å². The summed E-state index contributed by atoms with van der Waals surface area (Å²) in [7, 11) is -1.54. The van der Waals surface area contributed by atoms with E-state index in [1.165, 1.54) is 44.5 Å². The van der Waals surface area contributed by atoms with Crippen LogP contribution >= 0.6 is 0 Å². The van der Waals surface area contributed by atoms with Crippen LogP contribution in [0.3, 0.4) is 0 Å². The zero-order valence-electron chi connectivity index (χ0n) is 23.5. The highest BCUT2D eigenvalue weighted by atomic mass is 28.3. The highest BCUT2D eigenvalue weighted by Crippen LogP contribution is 2.41. The second-order valence-corrected chi connectivity index (χ2v) is 17.4. The van der Waals surface area contributed by atoms with Crippen molar-refractivity contribution in [2.24, 2.45) is 0 Å². The van der Waals surface area contributed by atoms with Crippen molar-refractivity contribution in [2.75, 3.05) is 0 Å². The van der Waals surface area contributed by atoms with Crippen LogP contribution in [0.4, 0.5) is 0 Å². The van der Waals surface area contributed by atoms with Gasteiger partial charge in [0.05, 0.1) is 8.07 Å². The van der Waals surface area contributed by atoms with E-state index in [1.807, 2.05) is 0 Å². The van der Waals surface area contributed by atoms with Crippen LogP contribution in [0, 0.1) is 0 Å². The molecule has 3 rings (SSSR count). The minimum Gasteiger partial charge on any atom is -0.0656 e. The summed E-state index contributed by atoms with van der Waals surface area (Å²) < 4.78 is 0. The summed E-state index contributed by atoms with van der Waals surface area (Å²) in [5, 5.41) is 1.54. The van der Waals surface area contributed by atoms with Crippen molar-refractivity contribution in [3.05, 3.63) is 76.9 Å². The molecule has 0 aliphatic rings. The highest BCUT2D eigenvalue weighted by Gasteiger charge is 2.24. The smallest absolute Gasteiger partial charge is 0.0656 e. The van der Waals surface area contributed by atoms with E-state index in [1.54, 1.807) is 5.19 Å². The fraction of sp³-hybridized carbons (Fsp3) is 0.455. The molecule has 0 bridgehead atoms. The molecule has 182 valence electrons. The molecule has 0 unspecified atom stereocenters. The van der Waals surface area contributed by atoms with E-state index in [0.29, 0.717) is 23.7 Å². The van der Waals surface area contributed by atoms with Crippen molar-refractivity contribution >= 4 is 13.3 Å². The second-order valence-electron chi connectivity index (χ2n) is 12.3. The Bertz CT molecular complexity index is 1010. The molecular formula is C33H46Si. The van der Waals surface area contributed by atoms with Gasteiger partial charge in [0, 0.05) is 0 Å². The second kappa shape index (κ2) is 10.2. The van der Waals surface area contributed by atoms with E-state index >= 15 is 0 Å². The Labute approximate surface area is 210 Å². The van der Waals surface area contributed by atoms with Gasteiger partial charge >= 0.3 is 0 Å². The maximum absolute atomic E-state index is 2.52. The van der Waals surface area contributed by atoms with Crippen molar-refractivity contribution in [1.29, 1.82) is 0 Å². The SMILES string of the molecule is CC(C)c1cccc(C(C)C)c1-c1cc(-c2c(C(C)C)cccc2C(C)C)cc([Si](C)(C)C)c1. The van der Waals surface area contributed by atoms with Crippen molar-refractivity contribution in [2.45, 2.75) is 98.7 Å². The third-order valence-corrected chi connectivity index (χ3v) is 9.14. The molecule has 34 heavy (non-hydrogen) atoms. The Morgan fingerprint density at radius 1 is 0.471 bits per heavy atom. The number of benzene rings is 3. The first-order valence-electron chi connectivity index (χ1n) is 13.2. The Kier molecular flexibility index (Phi) is 7.98. The average Bonchev–Trinajstić information content (AvgIpc) is 2.76. The van der Waals surface area contributed by atoms with Gasteiger partial charge in [-0.1, -0.05) is 129 Å². The van der Waals surface area contributed by atoms with Crippen LogP contribution in [0.5, 0.6) is 0 Å². The van der Waals surface area contributed by atoms with Crippen molar-refractivity contribution in [3.63, 3.8) is 0 Å². The summed E-state index contributed by atoms with van der Waals surface area (Å²) in [6, 6.07) is 21.4. The Hall–Kier alpha value is -2.12. The largest absolute Gasteiger partial charge is 0.0776 e. The molecule has 3 aromatic rings. The van der Waals surface area contributed by atoms with Crippen LogP contribution in [0.1, 0.15) is 101 Å². The minimum absolute atomic E-state index is 0.488. The van der Waals surface area contributed by atoms with Crippen molar-refractivity contribution in [1.82, 2.24) is 0 Å². The molecule has 0 aliphatic heterocycles. The maximum atomic E-state index is 2.52. The van der Waals surface area contributed by atoms with Crippen LogP contribution in [0.15, 0.2) is 54.6 Å². The van der Waals surface area contributed by atoms with E-state index in [2.05, 4.69) is 130 Å². The van der Waals surface area contributed by atoms with Gasteiger partial charge in [0.15, 0.2) is 0 Å². The fourth-order valence-electron chi connectivity index (χ4n) is 5.12. The van der Waals surface area contributed by atoms with Gasteiger partial charge in [-0.3, -0.25) is 0 Å². The monoisotopic (exact) mass is 470 g/mol. The van der Waals surface area contributed by atoms with Gasteiger partial charge in [-0.15, -0.1) is 0 Å². The molecule has 0 aromatic heterocycles. The fourth-order valence-corrected chi connectivity index (χ4v) is 6.30. The standard InChI is InChI=1S/C33H46Si/c1-21(2)28-14-12-15-29(22(3)4)32(28)25-18-26(20-27(19-25)34(9,10)11)33-30(23(5)6)16-13-17-31(33)24(7)8/h12-24H,1-11H3. The van der Waals surface area contributed by atoms with Crippen molar-refractivity contribution < 1.29 is 0 Å². The highest BCUT2D eigenvalue weighted by molar-refractivity contribution is 6.88. The molecule has 0 aliphatic carbocycles. The van der Waals surface area contributed by atoms with Crippen LogP contribution in [-0.2, 0) is 0 Å². The number of hydrogen-bond acceptors (Lipinski definition) is 0. The molecule has 0 atom stereocenters. The predicted molar refractivity (Wildman–Crippen MR) is 157 cm³/mol. The van der Waals surface area contributed by atoms with Gasteiger partial charge in [-0.2, -0.15) is 0 Å². The van der Waals surface area contributed by atoms with E-state index in [-0.39, 0.29) is 0 Å². The first kappa shape index (κ1) is 26.5. The molecule has 0 N–H and O–H groups in total. The Balaban J connectivity index is 2.47. The summed E-state index contributed by atoms with van der Waals surface area (Å²) in [5.74, 6) is 1.95. The minimum atomic E-state index is -1.54. The van der Waals surface area contributed by atoms with Crippen LogP contribution in [0.25, 0.3) is 22.3 Å². The van der Waals surface area contributed by atoms with E-state index < -0.39 is 8.07 Å². The van der Waals surface area contributed by atoms with Gasteiger partial charge < -0.3 is 0 Å². The lowest BCUT2D eigenvalue weighted by Gasteiger charge is -2.26. The number of hydrogen-bond donors (Lipinski definition) is 0. The zero-order chi connectivity index (χ0) is 25.4. The van der Waals surface area contributed by atoms with Crippen LogP contribution in [-0.4, -0.2) is 8.07 Å². The molecule has 0 spiro atoms. The molecule has 0 nitrogen and oxygen atoms in total. The Morgan fingerprint density at radius 3 is 1.00 bits per heavy atom. The van der Waals surface area contributed by atoms with Gasteiger partial charge in [-0.25, -0.2) is 0 Å². The molecule has 0 saturated heterocycles.